The molecule has 0 saturated heterocycles. The van der Waals surface area contributed by atoms with Crippen LogP contribution in [-0.4, -0.2) is 19.4 Å². The lowest BCUT2D eigenvalue weighted by atomic mass is 10.3. The molecule has 0 aromatic heterocycles. The molecule has 1 amide bonds. The highest BCUT2D eigenvalue weighted by Gasteiger charge is 2.55. The fourth-order valence-electron chi connectivity index (χ4n) is 1.36. The lowest BCUT2D eigenvalue weighted by Gasteiger charge is -2.10. The molecule has 1 unspecified atom stereocenters. The van der Waals surface area contributed by atoms with E-state index in [1.165, 1.54) is 0 Å². The second kappa shape index (κ2) is 3.75. The van der Waals surface area contributed by atoms with Crippen molar-refractivity contribution in [2.75, 3.05) is 5.32 Å². The molecule has 0 radical (unpaired) electrons. The summed E-state index contributed by atoms with van der Waals surface area (Å²) in [6, 6.07) is 8.92. The number of anilines is 1. The van der Waals surface area contributed by atoms with Gasteiger partial charge in [-0.25, -0.2) is 4.21 Å². The third-order valence-corrected chi connectivity index (χ3v) is 3.75. The van der Waals surface area contributed by atoms with E-state index < -0.39 is 15.8 Å². The highest BCUT2D eigenvalue weighted by Crippen LogP contribution is 2.41. The van der Waals surface area contributed by atoms with Crippen molar-refractivity contribution in [3.8, 4) is 0 Å². The number of nitrogens with one attached hydrogen (secondary N) is 1. The lowest BCUT2D eigenvalue weighted by molar-refractivity contribution is -0.116. The topological polar surface area (TPSA) is 66.4 Å². The van der Waals surface area contributed by atoms with Crippen LogP contribution in [0.1, 0.15) is 12.8 Å². The first-order valence-corrected chi connectivity index (χ1v) is 5.73. The Hall–Kier alpha value is -1.20. The Kier molecular flexibility index (Phi) is 2.58. The number of carbonyl (C=O) groups is 1. The fraction of sp³-hybridized carbons (Fsp3) is 0.300. The first-order valence-electron chi connectivity index (χ1n) is 4.63. The number of rotatable bonds is 3. The third kappa shape index (κ3) is 1.93. The van der Waals surface area contributed by atoms with Gasteiger partial charge < -0.3 is 9.87 Å². The third-order valence-electron chi connectivity index (χ3n) is 2.48. The largest absolute Gasteiger partial charge is 0.325 e. The zero-order valence-electron chi connectivity index (χ0n) is 7.97. The molecule has 80 valence electrons. The van der Waals surface area contributed by atoms with Crippen LogP contribution >= 0.6 is 0 Å². The SMILES string of the molecule is O=C(Nc1ccccc1)C1(S(=O)O)CC1. The second-order valence-electron chi connectivity index (χ2n) is 3.56. The van der Waals surface area contributed by atoms with E-state index in [9.17, 15) is 9.00 Å². The standard InChI is InChI=1S/C10H11NO3S/c12-9(10(6-7-10)15(13)14)11-8-4-2-1-3-5-8/h1-5H,6-7H2,(H,11,12)(H,13,14). The van der Waals surface area contributed by atoms with Crippen LogP contribution in [0.2, 0.25) is 0 Å². The molecule has 1 aromatic rings. The summed E-state index contributed by atoms with van der Waals surface area (Å²) in [4.78, 5) is 11.7. The van der Waals surface area contributed by atoms with E-state index in [1.807, 2.05) is 6.07 Å². The summed E-state index contributed by atoms with van der Waals surface area (Å²) >= 11 is -2.08. The van der Waals surface area contributed by atoms with Crippen LogP contribution in [0.3, 0.4) is 0 Å². The van der Waals surface area contributed by atoms with Crippen LogP contribution in [0.25, 0.3) is 0 Å². The molecule has 1 aliphatic rings. The van der Waals surface area contributed by atoms with Gasteiger partial charge in [-0.1, -0.05) is 18.2 Å². The number of carbonyl (C=O) groups excluding carboxylic acids is 1. The zero-order chi connectivity index (χ0) is 10.9. The van der Waals surface area contributed by atoms with Crippen LogP contribution in [0, 0.1) is 0 Å². The predicted octanol–water partition coefficient (Wildman–Crippen LogP) is 1.38. The normalized spacial score (nSPS) is 19.3. The zero-order valence-corrected chi connectivity index (χ0v) is 8.79. The van der Waals surface area contributed by atoms with Gasteiger partial charge in [0, 0.05) is 5.69 Å². The van der Waals surface area contributed by atoms with Crippen LogP contribution in [-0.2, 0) is 15.9 Å². The van der Waals surface area contributed by atoms with Gasteiger partial charge in [-0.05, 0) is 25.0 Å². The summed E-state index contributed by atoms with van der Waals surface area (Å²) in [5, 5.41) is 2.63. The molecule has 4 nitrogen and oxygen atoms in total. The van der Waals surface area contributed by atoms with E-state index >= 15 is 0 Å². The molecule has 2 N–H and O–H groups in total. The molecule has 0 spiro atoms. The van der Waals surface area contributed by atoms with E-state index in [2.05, 4.69) is 5.32 Å². The Balaban J connectivity index is 2.08. The molecular formula is C10H11NO3S. The van der Waals surface area contributed by atoms with Crippen LogP contribution < -0.4 is 5.32 Å². The molecule has 0 heterocycles. The summed E-state index contributed by atoms with van der Waals surface area (Å²) in [7, 11) is 0. The molecule has 1 aromatic carbocycles. The minimum atomic E-state index is -2.08. The van der Waals surface area contributed by atoms with Crippen molar-refractivity contribution in [2.45, 2.75) is 17.6 Å². The van der Waals surface area contributed by atoms with Crippen LogP contribution in [0.4, 0.5) is 5.69 Å². The van der Waals surface area contributed by atoms with E-state index in [0.717, 1.165) is 0 Å². The average molecular weight is 225 g/mol. The van der Waals surface area contributed by atoms with E-state index in [1.54, 1.807) is 24.3 Å². The molecule has 15 heavy (non-hydrogen) atoms. The fourth-order valence-corrected chi connectivity index (χ4v) is 2.02. The maximum Gasteiger partial charge on any atom is 0.245 e. The molecule has 5 heteroatoms. The number of hydrogen-bond acceptors (Lipinski definition) is 2. The summed E-state index contributed by atoms with van der Waals surface area (Å²) in [6.07, 6.45) is 0.962. The van der Waals surface area contributed by atoms with Crippen molar-refractivity contribution >= 4 is 22.7 Å². The predicted molar refractivity (Wildman–Crippen MR) is 57.8 cm³/mol. The average Bonchev–Trinajstić information content (AvgIpc) is 2.99. The number of amides is 1. The Morgan fingerprint density at radius 1 is 1.33 bits per heavy atom. The minimum absolute atomic E-state index is 0.366. The molecule has 0 aliphatic heterocycles. The summed E-state index contributed by atoms with van der Waals surface area (Å²) < 4.78 is 18.9. The van der Waals surface area contributed by atoms with Gasteiger partial charge in [0.1, 0.15) is 0 Å². The number of para-hydroxylation sites is 1. The molecule has 0 bridgehead atoms. The molecule has 1 saturated carbocycles. The monoisotopic (exact) mass is 225 g/mol. The Morgan fingerprint density at radius 3 is 2.40 bits per heavy atom. The van der Waals surface area contributed by atoms with E-state index in [-0.39, 0.29) is 5.91 Å². The van der Waals surface area contributed by atoms with Crippen molar-refractivity contribution in [1.82, 2.24) is 0 Å². The minimum Gasteiger partial charge on any atom is -0.325 e. The highest BCUT2D eigenvalue weighted by atomic mass is 32.2. The Morgan fingerprint density at radius 2 is 1.93 bits per heavy atom. The second-order valence-corrected chi connectivity index (χ2v) is 4.84. The van der Waals surface area contributed by atoms with Crippen molar-refractivity contribution in [3.05, 3.63) is 30.3 Å². The summed E-state index contributed by atoms with van der Waals surface area (Å²) in [5.74, 6) is -0.366. The van der Waals surface area contributed by atoms with Crippen LogP contribution in [0.5, 0.6) is 0 Å². The Bertz CT molecular complexity index is 400. The van der Waals surface area contributed by atoms with Gasteiger partial charge in [0.05, 0.1) is 0 Å². The van der Waals surface area contributed by atoms with Gasteiger partial charge in [0.25, 0.3) is 0 Å². The van der Waals surface area contributed by atoms with Gasteiger partial charge in [-0.3, -0.25) is 4.79 Å². The van der Waals surface area contributed by atoms with Gasteiger partial charge in [0.2, 0.25) is 5.91 Å². The quantitative estimate of drug-likeness (QED) is 0.764. The summed E-state index contributed by atoms with van der Waals surface area (Å²) in [6.45, 7) is 0. The van der Waals surface area contributed by atoms with Gasteiger partial charge >= 0.3 is 0 Å². The van der Waals surface area contributed by atoms with Gasteiger partial charge in [-0.15, -0.1) is 0 Å². The van der Waals surface area contributed by atoms with Crippen molar-refractivity contribution in [1.29, 1.82) is 0 Å². The maximum atomic E-state index is 11.7. The molecule has 2 rings (SSSR count). The van der Waals surface area contributed by atoms with Crippen LogP contribution in [0.15, 0.2) is 30.3 Å². The van der Waals surface area contributed by atoms with Gasteiger partial charge in [0.15, 0.2) is 15.8 Å². The first-order chi connectivity index (χ1) is 7.15. The van der Waals surface area contributed by atoms with Crippen molar-refractivity contribution in [3.63, 3.8) is 0 Å². The van der Waals surface area contributed by atoms with E-state index in [4.69, 9.17) is 4.55 Å². The smallest absolute Gasteiger partial charge is 0.245 e. The first kappa shape index (κ1) is 10.3. The Labute approximate surface area is 90.0 Å². The molecular weight excluding hydrogens is 214 g/mol. The van der Waals surface area contributed by atoms with Crippen molar-refractivity contribution < 1.29 is 13.6 Å². The molecule has 1 aliphatic carbocycles. The number of benzene rings is 1. The lowest BCUT2D eigenvalue weighted by Crippen LogP contribution is -2.33. The summed E-state index contributed by atoms with van der Waals surface area (Å²) in [5.41, 5.74) is 0.652. The maximum absolute atomic E-state index is 11.7. The molecule has 1 fully saturated rings. The highest BCUT2D eigenvalue weighted by molar-refractivity contribution is 7.82. The molecule has 1 atom stereocenters. The van der Waals surface area contributed by atoms with Crippen molar-refractivity contribution in [2.24, 2.45) is 0 Å². The van der Waals surface area contributed by atoms with E-state index in [0.29, 0.717) is 18.5 Å². The van der Waals surface area contributed by atoms with Gasteiger partial charge in [-0.2, -0.15) is 0 Å². The number of hydrogen-bond donors (Lipinski definition) is 2.